The van der Waals surface area contributed by atoms with Gasteiger partial charge in [-0.3, -0.25) is 5.43 Å². The van der Waals surface area contributed by atoms with E-state index in [2.05, 4.69) is 17.5 Å². The second kappa shape index (κ2) is 28.9. The lowest BCUT2D eigenvalue weighted by molar-refractivity contribution is 0.530. The van der Waals surface area contributed by atoms with Gasteiger partial charge < -0.3 is 11.5 Å². The van der Waals surface area contributed by atoms with Crippen molar-refractivity contribution in [3.05, 3.63) is 0 Å². The highest BCUT2D eigenvalue weighted by Crippen LogP contribution is 2.13. The molecule has 0 aromatic heterocycles. The highest BCUT2D eigenvalue weighted by atomic mass is 16.1. The molecule has 0 amide bonds. The fraction of sp³-hybridized carbons (Fsp3) is 0.952. The summed E-state index contributed by atoms with van der Waals surface area (Å²) in [5, 5.41) is 3.03. The molecule has 0 aromatic carbocycles. The maximum absolute atomic E-state index is 9.28. The van der Waals surface area contributed by atoms with Crippen LogP contribution in [0.5, 0.6) is 0 Å². The number of hydrogen-bond donors (Lipinski definition) is 3. The standard InChI is InChI=1S/C18H39N.C3H7N3O/c1-2-3-4-5-6-7-8-9-10-11-12-13-14-15-16-17-18-19;4-1-2-5-6-3-7/h2-19H2,1H3;5H,1-2,4H2. The predicted molar refractivity (Wildman–Crippen MR) is 114 cm³/mol. The molecule has 0 saturated heterocycles. The zero-order chi connectivity index (χ0) is 19.6. The third kappa shape index (κ3) is 30.9. The van der Waals surface area contributed by atoms with Crippen LogP contribution in [0.3, 0.4) is 0 Å². The lowest BCUT2D eigenvalue weighted by atomic mass is 10.0. The van der Waals surface area contributed by atoms with E-state index in [9.17, 15) is 4.79 Å². The lowest BCUT2D eigenvalue weighted by Crippen LogP contribution is -2.16. The van der Waals surface area contributed by atoms with Gasteiger partial charge in [0.15, 0.2) is 0 Å². The number of nitrogens with one attached hydrogen (secondary N) is 1. The predicted octanol–water partition coefficient (Wildman–Crippen LogP) is 4.99. The van der Waals surface area contributed by atoms with Gasteiger partial charge >= 0.3 is 0 Å². The van der Waals surface area contributed by atoms with E-state index in [1.54, 1.807) is 0 Å². The van der Waals surface area contributed by atoms with E-state index >= 15 is 0 Å². The molecule has 0 spiro atoms. The number of rotatable bonds is 19. The second-order valence-corrected chi connectivity index (χ2v) is 6.99. The summed E-state index contributed by atoms with van der Waals surface area (Å²) >= 11 is 0. The summed E-state index contributed by atoms with van der Waals surface area (Å²) in [4.78, 5) is 9.28. The summed E-state index contributed by atoms with van der Waals surface area (Å²) in [6.07, 6.45) is 24.2. The van der Waals surface area contributed by atoms with E-state index in [4.69, 9.17) is 11.5 Å². The Morgan fingerprint density at radius 3 is 1.35 bits per heavy atom. The minimum atomic E-state index is 0.477. The maximum Gasteiger partial charge on any atom is 0.258 e. The Hall–Kier alpha value is -0.900. The second-order valence-electron chi connectivity index (χ2n) is 6.99. The van der Waals surface area contributed by atoms with Gasteiger partial charge in [0.1, 0.15) is 0 Å². The Labute approximate surface area is 162 Å². The van der Waals surface area contributed by atoms with E-state index in [1.165, 1.54) is 109 Å². The first-order chi connectivity index (χ1) is 12.8. The normalized spacial score (nSPS) is 9.96. The molecule has 0 bridgehead atoms. The highest BCUT2D eigenvalue weighted by Gasteiger charge is 1.94. The molecule has 5 N–H and O–H groups in total. The van der Waals surface area contributed by atoms with E-state index in [1.807, 2.05) is 0 Å². The molecular formula is C21H46N4O. The fourth-order valence-corrected chi connectivity index (χ4v) is 2.85. The van der Waals surface area contributed by atoms with Gasteiger partial charge in [-0.1, -0.05) is 108 Å². The minimum Gasteiger partial charge on any atom is -0.330 e. The molecule has 0 rings (SSSR count). The van der Waals surface area contributed by atoms with Gasteiger partial charge in [0.25, 0.3) is 6.08 Å². The fourth-order valence-electron chi connectivity index (χ4n) is 2.85. The molecule has 0 aliphatic heterocycles. The van der Waals surface area contributed by atoms with Crippen molar-refractivity contribution in [2.75, 3.05) is 19.6 Å². The quantitative estimate of drug-likeness (QED) is 0.129. The van der Waals surface area contributed by atoms with Crippen molar-refractivity contribution in [2.45, 2.75) is 110 Å². The van der Waals surface area contributed by atoms with Crippen molar-refractivity contribution in [2.24, 2.45) is 16.6 Å². The van der Waals surface area contributed by atoms with Gasteiger partial charge in [-0.15, -0.1) is 0 Å². The van der Waals surface area contributed by atoms with E-state index in [0.29, 0.717) is 13.1 Å². The largest absolute Gasteiger partial charge is 0.330 e. The Kier molecular flexibility index (Phi) is 30.4. The SMILES string of the molecule is CCCCCCCCCCCCCCCCCCN.NCCNN=C=O. The molecular weight excluding hydrogens is 324 g/mol. The van der Waals surface area contributed by atoms with Crippen LogP contribution in [0.2, 0.25) is 0 Å². The topological polar surface area (TPSA) is 93.5 Å². The zero-order valence-corrected chi connectivity index (χ0v) is 17.4. The van der Waals surface area contributed by atoms with Gasteiger partial charge in [0.2, 0.25) is 0 Å². The number of carbonyl (C=O) groups excluding carboxylic acids is 1. The van der Waals surface area contributed by atoms with Gasteiger partial charge in [-0.2, -0.15) is 0 Å². The lowest BCUT2D eigenvalue weighted by Gasteiger charge is -2.03. The number of isocyanates is 1. The molecule has 5 nitrogen and oxygen atoms in total. The molecule has 156 valence electrons. The summed E-state index contributed by atoms with van der Waals surface area (Å²) in [7, 11) is 0. The van der Waals surface area contributed by atoms with Crippen molar-refractivity contribution in [1.29, 1.82) is 0 Å². The van der Waals surface area contributed by atoms with Crippen LogP contribution >= 0.6 is 0 Å². The van der Waals surface area contributed by atoms with Crippen molar-refractivity contribution < 1.29 is 4.79 Å². The van der Waals surface area contributed by atoms with Crippen LogP contribution in [-0.2, 0) is 4.79 Å². The smallest absolute Gasteiger partial charge is 0.258 e. The first-order valence-electron chi connectivity index (χ1n) is 11.0. The molecule has 26 heavy (non-hydrogen) atoms. The van der Waals surface area contributed by atoms with Gasteiger partial charge in [0.05, 0.1) is 0 Å². The molecule has 0 aromatic rings. The van der Waals surface area contributed by atoms with Crippen molar-refractivity contribution >= 4 is 6.08 Å². The third-order valence-electron chi connectivity index (χ3n) is 4.44. The number of unbranched alkanes of at least 4 members (excludes halogenated alkanes) is 15. The molecule has 0 radical (unpaired) electrons. The number of hydrogen-bond acceptors (Lipinski definition) is 5. The molecule has 0 saturated carbocycles. The van der Waals surface area contributed by atoms with Gasteiger partial charge in [0, 0.05) is 13.1 Å². The maximum atomic E-state index is 9.28. The summed E-state index contributed by atoms with van der Waals surface area (Å²) in [6, 6.07) is 0. The zero-order valence-electron chi connectivity index (χ0n) is 17.4. The van der Waals surface area contributed by atoms with Crippen molar-refractivity contribution in [3.63, 3.8) is 0 Å². The van der Waals surface area contributed by atoms with Crippen LogP contribution in [0.1, 0.15) is 110 Å². The van der Waals surface area contributed by atoms with Gasteiger partial charge in [-0.05, 0) is 13.0 Å². The molecule has 0 aliphatic rings. The van der Waals surface area contributed by atoms with Crippen LogP contribution in [0, 0.1) is 0 Å². The third-order valence-corrected chi connectivity index (χ3v) is 4.44. The molecule has 0 heterocycles. The Morgan fingerprint density at radius 1 is 0.654 bits per heavy atom. The monoisotopic (exact) mass is 370 g/mol. The average molecular weight is 371 g/mol. The van der Waals surface area contributed by atoms with Crippen LogP contribution in [0.25, 0.3) is 0 Å². The van der Waals surface area contributed by atoms with Crippen LogP contribution in [0.4, 0.5) is 0 Å². The summed E-state index contributed by atoms with van der Waals surface area (Å²) < 4.78 is 0. The van der Waals surface area contributed by atoms with Crippen molar-refractivity contribution in [3.8, 4) is 0 Å². The van der Waals surface area contributed by atoms with Gasteiger partial charge in [-0.25, -0.2) is 4.79 Å². The van der Waals surface area contributed by atoms with Crippen LogP contribution in [-0.4, -0.2) is 25.7 Å². The van der Waals surface area contributed by atoms with E-state index < -0.39 is 0 Å². The van der Waals surface area contributed by atoms with Crippen molar-refractivity contribution in [1.82, 2.24) is 5.43 Å². The Bertz CT molecular complexity index is 265. The molecule has 5 heteroatoms. The minimum absolute atomic E-state index is 0.477. The number of hydrazone groups is 1. The highest BCUT2D eigenvalue weighted by molar-refractivity contribution is 5.31. The summed E-state index contributed by atoms with van der Waals surface area (Å²) in [5.41, 5.74) is 12.9. The average Bonchev–Trinajstić information content (AvgIpc) is 2.66. The molecule has 0 atom stereocenters. The first kappa shape index (κ1) is 27.3. The summed E-state index contributed by atoms with van der Waals surface area (Å²) in [5.74, 6) is 0. The van der Waals surface area contributed by atoms with Crippen LogP contribution < -0.4 is 16.9 Å². The van der Waals surface area contributed by atoms with Crippen LogP contribution in [0.15, 0.2) is 5.10 Å². The Balaban J connectivity index is 0. The molecule has 0 aliphatic carbocycles. The Morgan fingerprint density at radius 2 is 1.04 bits per heavy atom. The first-order valence-corrected chi connectivity index (χ1v) is 11.0. The van der Waals surface area contributed by atoms with E-state index in [-0.39, 0.29) is 0 Å². The number of nitrogens with zero attached hydrogens (tertiary/aromatic N) is 1. The number of nitrogens with two attached hydrogens (primary N) is 2. The molecule has 0 unspecified atom stereocenters. The summed E-state index contributed by atoms with van der Waals surface area (Å²) in [6.45, 7) is 4.16. The van der Waals surface area contributed by atoms with E-state index in [0.717, 1.165) is 6.54 Å². The molecule has 0 fully saturated rings.